The van der Waals surface area contributed by atoms with Gasteiger partial charge in [-0.05, 0) is 74.7 Å². The predicted molar refractivity (Wildman–Crippen MR) is 129 cm³/mol. The lowest BCUT2D eigenvalue weighted by atomic mass is 10.1. The van der Waals surface area contributed by atoms with Crippen LogP contribution >= 0.6 is 0 Å². The Balaban J connectivity index is 1.77. The molecule has 3 rings (SSSR count). The van der Waals surface area contributed by atoms with Gasteiger partial charge in [0.05, 0.1) is 29.7 Å². The lowest BCUT2D eigenvalue weighted by Gasteiger charge is -2.23. The number of aromatic nitrogens is 2. The van der Waals surface area contributed by atoms with Crippen LogP contribution in [-0.4, -0.2) is 47.5 Å². The number of nitrogens with one attached hydrogen (secondary N) is 1. The van der Waals surface area contributed by atoms with Gasteiger partial charge in [0, 0.05) is 31.9 Å². The zero-order valence-electron chi connectivity index (χ0n) is 19.7. The Hall–Kier alpha value is -3.81. The number of carbonyl (C=O) groups excluding carboxylic acids is 1. The lowest BCUT2D eigenvalue weighted by molar-refractivity contribution is 0.0696. The van der Waals surface area contributed by atoms with E-state index in [1.807, 2.05) is 30.6 Å². The third-order valence-electron chi connectivity index (χ3n) is 5.83. The van der Waals surface area contributed by atoms with Crippen LogP contribution in [0.1, 0.15) is 44.1 Å². The number of methoxy groups -OCH3 is 1. The van der Waals surface area contributed by atoms with Crippen LogP contribution in [0.5, 0.6) is 5.75 Å². The van der Waals surface area contributed by atoms with Gasteiger partial charge in [-0.15, -0.1) is 0 Å². The molecule has 0 bridgehead atoms. The fraction of sp³-hybridized carbons (Fsp3) is 0.320. The minimum atomic E-state index is -1.05. The summed E-state index contributed by atoms with van der Waals surface area (Å²) in [6, 6.07) is 11.5. The Morgan fingerprint density at radius 3 is 2.36 bits per heavy atom. The molecule has 1 aromatic heterocycles. The van der Waals surface area contributed by atoms with Gasteiger partial charge in [0.25, 0.3) is 5.91 Å². The normalized spacial score (nSPS) is 10.7. The average molecular weight is 451 g/mol. The van der Waals surface area contributed by atoms with Crippen LogP contribution in [0.2, 0.25) is 0 Å². The molecule has 0 spiro atoms. The van der Waals surface area contributed by atoms with E-state index in [9.17, 15) is 14.7 Å². The van der Waals surface area contributed by atoms with E-state index < -0.39 is 5.97 Å². The topological polar surface area (TPSA) is 96.7 Å². The molecule has 8 nitrogen and oxygen atoms in total. The maximum Gasteiger partial charge on any atom is 0.335 e. The van der Waals surface area contributed by atoms with Gasteiger partial charge in [-0.1, -0.05) is 0 Å². The van der Waals surface area contributed by atoms with Gasteiger partial charge in [0.1, 0.15) is 5.75 Å². The summed E-state index contributed by atoms with van der Waals surface area (Å²) in [5.74, 6) is -0.720. The number of carboxylic acids is 1. The average Bonchev–Trinajstić information content (AvgIpc) is 3.04. The Bertz CT molecular complexity index is 1150. The monoisotopic (exact) mass is 450 g/mol. The van der Waals surface area contributed by atoms with E-state index in [0.717, 1.165) is 36.5 Å². The highest BCUT2D eigenvalue weighted by atomic mass is 16.5. The van der Waals surface area contributed by atoms with E-state index >= 15 is 0 Å². The number of nitrogens with zero attached hydrogens (tertiary/aromatic N) is 3. The molecule has 8 heteroatoms. The molecule has 0 atom stereocenters. The maximum absolute atomic E-state index is 12.8. The highest BCUT2D eigenvalue weighted by molar-refractivity contribution is 6.06. The van der Waals surface area contributed by atoms with Crippen LogP contribution in [0.15, 0.2) is 42.5 Å². The molecular formula is C25H30N4O4. The van der Waals surface area contributed by atoms with Gasteiger partial charge in [-0.3, -0.25) is 9.48 Å². The van der Waals surface area contributed by atoms with Gasteiger partial charge in [0.15, 0.2) is 0 Å². The van der Waals surface area contributed by atoms with E-state index in [0.29, 0.717) is 17.0 Å². The molecule has 174 valence electrons. The van der Waals surface area contributed by atoms with Crippen molar-refractivity contribution in [1.29, 1.82) is 0 Å². The van der Waals surface area contributed by atoms with Crippen LogP contribution in [-0.2, 0) is 13.5 Å². The smallest absolute Gasteiger partial charge is 0.335 e. The van der Waals surface area contributed by atoms with Crippen molar-refractivity contribution in [2.45, 2.75) is 26.7 Å². The summed E-state index contributed by atoms with van der Waals surface area (Å²) in [5.41, 5.74) is 5.21. The number of benzene rings is 2. The molecule has 3 aromatic rings. The van der Waals surface area contributed by atoms with Gasteiger partial charge in [0.2, 0.25) is 0 Å². The fourth-order valence-corrected chi connectivity index (χ4v) is 3.83. The molecule has 33 heavy (non-hydrogen) atoms. The standard InChI is InChI=1S/C25H30N4O4/c1-16-21(17(2)29(4)27-16)7-6-14-28(3)23-13-10-19(25(31)32)15-22(23)26-24(30)18-8-11-20(33-5)12-9-18/h8-13,15H,6-7,14H2,1-5H3,(H,26,30)(H,31,32). The molecule has 0 aliphatic rings. The van der Waals surface area contributed by atoms with Crippen molar-refractivity contribution in [3.05, 3.63) is 70.5 Å². The van der Waals surface area contributed by atoms with Gasteiger partial charge in [-0.25, -0.2) is 4.79 Å². The van der Waals surface area contributed by atoms with E-state index in [2.05, 4.69) is 17.3 Å². The van der Waals surface area contributed by atoms with Crippen LogP contribution in [0, 0.1) is 13.8 Å². The second kappa shape index (κ2) is 10.2. The molecule has 1 heterocycles. The largest absolute Gasteiger partial charge is 0.497 e. The molecular weight excluding hydrogens is 420 g/mol. The minimum Gasteiger partial charge on any atom is -0.497 e. The first-order chi connectivity index (χ1) is 15.7. The van der Waals surface area contributed by atoms with Crippen molar-refractivity contribution in [1.82, 2.24) is 9.78 Å². The molecule has 1 amide bonds. The summed E-state index contributed by atoms with van der Waals surface area (Å²) < 4.78 is 7.03. The second-order valence-corrected chi connectivity index (χ2v) is 8.02. The molecule has 0 fully saturated rings. The Labute approximate surface area is 193 Å². The molecule has 2 aromatic carbocycles. The number of hydrogen-bond acceptors (Lipinski definition) is 5. The molecule has 0 unspecified atom stereocenters. The summed E-state index contributed by atoms with van der Waals surface area (Å²) >= 11 is 0. The summed E-state index contributed by atoms with van der Waals surface area (Å²) in [5, 5.41) is 16.8. The quantitative estimate of drug-likeness (QED) is 0.510. The first-order valence-electron chi connectivity index (χ1n) is 10.7. The number of amides is 1. The summed E-state index contributed by atoms with van der Waals surface area (Å²) in [4.78, 5) is 26.4. The predicted octanol–water partition coefficient (Wildman–Crippen LogP) is 4.07. The lowest BCUT2D eigenvalue weighted by Crippen LogP contribution is -2.22. The number of hydrogen-bond donors (Lipinski definition) is 2. The second-order valence-electron chi connectivity index (χ2n) is 8.02. The first kappa shape index (κ1) is 23.8. The van der Waals surface area contributed by atoms with Crippen molar-refractivity contribution < 1.29 is 19.4 Å². The van der Waals surface area contributed by atoms with Crippen LogP contribution < -0.4 is 15.0 Å². The number of carboxylic acid groups (broad SMARTS) is 1. The molecule has 0 saturated heterocycles. The number of aromatic carboxylic acids is 1. The number of rotatable bonds is 9. The number of ether oxygens (including phenoxy) is 1. The van der Waals surface area contributed by atoms with E-state index in [1.54, 1.807) is 43.5 Å². The summed E-state index contributed by atoms with van der Waals surface area (Å²) in [7, 11) is 5.44. The van der Waals surface area contributed by atoms with Crippen LogP contribution in [0.25, 0.3) is 0 Å². The van der Waals surface area contributed by atoms with Crippen molar-refractivity contribution >= 4 is 23.3 Å². The maximum atomic E-state index is 12.8. The van der Waals surface area contributed by atoms with Crippen molar-refractivity contribution in [3.8, 4) is 5.75 Å². The molecule has 0 radical (unpaired) electrons. The highest BCUT2D eigenvalue weighted by Crippen LogP contribution is 2.28. The number of aryl methyl sites for hydroxylation is 2. The zero-order chi connectivity index (χ0) is 24.1. The molecule has 0 aliphatic carbocycles. The van der Waals surface area contributed by atoms with Crippen LogP contribution in [0.4, 0.5) is 11.4 Å². The van der Waals surface area contributed by atoms with E-state index in [-0.39, 0.29) is 11.5 Å². The molecule has 0 aliphatic heterocycles. The fourth-order valence-electron chi connectivity index (χ4n) is 3.83. The SMILES string of the molecule is COc1ccc(C(=O)Nc2cc(C(=O)O)ccc2N(C)CCCc2c(C)nn(C)c2C)cc1. The number of carbonyl (C=O) groups is 2. The Morgan fingerprint density at radius 1 is 1.12 bits per heavy atom. The van der Waals surface area contributed by atoms with Gasteiger partial charge in [-0.2, -0.15) is 5.10 Å². The van der Waals surface area contributed by atoms with E-state index in [1.165, 1.54) is 11.6 Å². The van der Waals surface area contributed by atoms with Crippen LogP contribution in [0.3, 0.4) is 0 Å². The van der Waals surface area contributed by atoms with E-state index in [4.69, 9.17) is 4.74 Å². The van der Waals surface area contributed by atoms with Gasteiger partial charge >= 0.3 is 5.97 Å². The highest BCUT2D eigenvalue weighted by Gasteiger charge is 2.16. The third-order valence-corrected chi connectivity index (χ3v) is 5.83. The zero-order valence-corrected chi connectivity index (χ0v) is 19.7. The Kier molecular flexibility index (Phi) is 7.37. The first-order valence-corrected chi connectivity index (χ1v) is 10.7. The van der Waals surface area contributed by atoms with Crippen molar-refractivity contribution in [3.63, 3.8) is 0 Å². The van der Waals surface area contributed by atoms with Gasteiger partial charge < -0.3 is 20.1 Å². The summed E-state index contributed by atoms with van der Waals surface area (Å²) in [6.07, 6.45) is 1.77. The summed E-state index contributed by atoms with van der Waals surface area (Å²) in [6.45, 7) is 4.81. The number of anilines is 2. The molecule has 0 saturated carbocycles. The third kappa shape index (κ3) is 5.52. The van der Waals surface area contributed by atoms with Crippen molar-refractivity contribution in [2.24, 2.45) is 7.05 Å². The molecule has 2 N–H and O–H groups in total. The Morgan fingerprint density at radius 2 is 1.79 bits per heavy atom. The minimum absolute atomic E-state index is 0.110. The van der Waals surface area contributed by atoms with Crippen molar-refractivity contribution in [2.75, 3.05) is 30.9 Å².